The van der Waals surface area contributed by atoms with Gasteiger partial charge in [-0.15, -0.1) is 0 Å². The van der Waals surface area contributed by atoms with Crippen molar-refractivity contribution < 1.29 is 4.52 Å². The van der Waals surface area contributed by atoms with Crippen molar-refractivity contribution in [2.75, 3.05) is 0 Å². The zero-order valence-electron chi connectivity index (χ0n) is 8.34. The second kappa shape index (κ2) is 4.18. The van der Waals surface area contributed by atoms with E-state index in [0.717, 1.165) is 12.8 Å². The second-order valence-corrected chi connectivity index (χ2v) is 3.21. The molecule has 0 aliphatic rings. The number of H-pyrrole nitrogens is 1. The first kappa shape index (κ1) is 9.78. The molecule has 0 radical (unpaired) electrons. The maximum atomic E-state index is 5.83. The number of hydrogen-bond donors (Lipinski definition) is 2. The molecule has 0 aliphatic carbocycles. The lowest BCUT2D eigenvalue weighted by Crippen LogP contribution is -2.09. The van der Waals surface area contributed by atoms with Crippen LogP contribution in [-0.2, 0) is 0 Å². The molecule has 0 saturated carbocycles. The van der Waals surface area contributed by atoms with Gasteiger partial charge in [0, 0.05) is 0 Å². The van der Waals surface area contributed by atoms with E-state index in [1.165, 1.54) is 6.20 Å². The highest BCUT2D eigenvalue weighted by Gasteiger charge is 2.15. The summed E-state index contributed by atoms with van der Waals surface area (Å²) in [5.41, 5.74) is 6.38. The lowest BCUT2D eigenvalue weighted by atomic mass is 10.2. The molecule has 2 heterocycles. The minimum absolute atomic E-state index is 0.205. The highest BCUT2D eigenvalue weighted by molar-refractivity contribution is 5.44. The average molecular weight is 208 g/mol. The van der Waals surface area contributed by atoms with E-state index in [9.17, 15) is 0 Å². The van der Waals surface area contributed by atoms with Gasteiger partial charge in [-0.05, 0) is 6.42 Å². The van der Waals surface area contributed by atoms with Crippen molar-refractivity contribution in [1.29, 1.82) is 0 Å². The van der Waals surface area contributed by atoms with E-state index < -0.39 is 0 Å². The minimum atomic E-state index is -0.205. The van der Waals surface area contributed by atoms with Crippen molar-refractivity contribution in [1.82, 2.24) is 25.6 Å². The Bertz CT molecular complexity index is 408. The van der Waals surface area contributed by atoms with Gasteiger partial charge in [0.25, 0.3) is 0 Å². The molecule has 7 heteroatoms. The third kappa shape index (κ3) is 2.01. The molecule has 0 fully saturated rings. The molecule has 2 aromatic rings. The molecule has 0 amide bonds. The van der Waals surface area contributed by atoms with Crippen LogP contribution in [0.4, 0.5) is 0 Å². The van der Waals surface area contributed by atoms with Gasteiger partial charge in [0.15, 0.2) is 5.69 Å². The van der Waals surface area contributed by atoms with Crippen LogP contribution in [0.15, 0.2) is 10.7 Å². The van der Waals surface area contributed by atoms with Gasteiger partial charge >= 0.3 is 0 Å². The van der Waals surface area contributed by atoms with Gasteiger partial charge in [-0.1, -0.05) is 18.5 Å². The molecule has 0 aliphatic heterocycles. The predicted octanol–water partition coefficient (Wildman–Crippen LogP) is 0.655. The summed E-state index contributed by atoms with van der Waals surface area (Å²) < 4.78 is 5.04. The van der Waals surface area contributed by atoms with Crippen LogP contribution >= 0.6 is 0 Å². The lowest BCUT2D eigenvalue weighted by Gasteiger charge is -2.01. The van der Waals surface area contributed by atoms with Crippen molar-refractivity contribution in [3.8, 4) is 11.5 Å². The Kier molecular flexibility index (Phi) is 2.72. The number of aromatic nitrogens is 5. The Morgan fingerprint density at radius 2 is 2.47 bits per heavy atom. The van der Waals surface area contributed by atoms with Gasteiger partial charge in [0.05, 0.1) is 12.2 Å². The molecule has 0 unspecified atom stereocenters. The largest absolute Gasteiger partial charge is 0.337 e. The van der Waals surface area contributed by atoms with Crippen molar-refractivity contribution in [2.45, 2.75) is 25.8 Å². The molecule has 1 atom stereocenters. The van der Waals surface area contributed by atoms with Crippen LogP contribution in [0.5, 0.6) is 0 Å². The Hall–Kier alpha value is -1.76. The highest BCUT2D eigenvalue weighted by Crippen LogP contribution is 2.17. The van der Waals surface area contributed by atoms with E-state index >= 15 is 0 Å². The zero-order valence-corrected chi connectivity index (χ0v) is 8.34. The topological polar surface area (TPSA) is 107 Å². The summed E-state index contributed by atoms with van der Waals surface area (Å²) >= 11 is 0. The second-order valence-electron chi connectivity index (χ2n) is 3.21. The zero-order chi connectivity index (χ0) is 10.7. The van der Waals surface area contributed by atoms with E-state index in [-0.39, 0.29) is 6.04 Å². The monoisotopic (exact) mass is 208 g/mol. The maximum absolute atomic E-state index is 5.83. The molecule has 0 saturated heterocycles. The summed E-state index contributed by atoms with van der Waals surface area (Å²) in [4.78, 5) is 4.15. The molecule has 0 spiro atoms. The first-order valence-corrected chi connectivity index (χ1v) is 4.76. The van der Waals surface area contributed by atoms with Gasteiger partial charge in [-0.3, -0.25) is 0 Å². The minimum Gasteiger partial charge on any atom is -0.337 e. The van der Waals surface area contributed by atoms with E-state index in [2.05, 4.69) is 32.5 Å². The van der Waals surface area contributed by atoms with Crippen LogP contribution in [0.25, 0.3) is 11.5 Å². The van der Waals surface area contributed by atoms with Gasteiger partial charge in [0.2, 0.25) is 11.7 Å². The van der Waals surface area contributed by atoms with E-state index in [0.29, 0.717) is 17.4 Å². The van der Waals surface area contributed by atoms with Gasteiger partial charge in [-0.2, -0.15) is 20.4 Å². The quantitative estimate of drug-likeness (QED) is 0.764. The molecule has 2 aromatic heterocycles. The van der Waals surface area contributed by atoms with Crippen LogP contribution in [0.3, 0.4) is 0 Å². The molecular formula is C8H12N6O. The normalized spacial score (nSPS) is 12.9. The van der Waals surface area contributed by atoms with Crippen LogP contribution in [0.1, 0.15) is 31.7 Å². The first-order chi connectivity index (χ1) is 7.31. The molecular weight excluding hydrogens is 196 g/mol. The number of nitrogens with two attached hydrogens (primary N) is 1. The van der Waals surface area contributed by atoms with Crippen molar-refractivity contribution in [3.05, 3.63) is 12.1 Å². The van der Waals surface area contributed by atoms with Crippen molar-refractivity contribution >= 4 is 0 Å². The Morgan fingerprint density at radius 3 is 3.13 bits per heavy atom. The number of aromatic amines is 1. The summed E-state index contributed by atoms with van der Waals surface area (Å²) in [6, 6.07) is -0.205. The fraction of sp³-hybridized carbons (Fsp3) is 0.500. The smallest absolute Gasteiger partial charge is 0.243 e. The molecule has 80 valence electrons. The predicted molar refractivity (Wildman–Crippen MR) is 51.5 cm³/mol. The van der Waals surface area contributed by atoms with E-state index in [1.54, 1.807) is 0 Å². The third-order valence-electron chi connectivity index (χ3n) is 2.00. The Balaban J connectivity index is 2.17. The lowest BCUT2D eigenvalue weighted by molar-refractivity contribution is 0.348. The Labute approximate surface area is 86.1 Å². The SMILES string of the molecule is CCC[C@@H](N)c1nc(-c2cn[nH]n2)no1. The fourth-order valence-electron chi connectivity index (χ4n) is 1.23. The van der Waals surface area contributed by atoms with Crippen LogP contribution in [-0.4, -0.2) is 25.6 Å². The maximum Gasteiger partial charge on any atom is 0.243 e. The molecule has 0 aromatic carbocycles. The summed E-state index contributed by atoms with van der Waals surface area (Å²) in [7, 11) is 0. The molecule has 7 nitrogen and oxygen atoms in total. The van der Waals surface area contributed by atoms with Gasteiger partial charge in [-0.25, -0.2) is 0 Å². The van der Waals surface area contributed by atoms with Crippen LogP contribution in [0.2, 0.25) is 0 Å². The summed E-state index contributed by atoms with van der Waals surface area (Å²) in [5.74, 6) is 0.847. The highest BCUT2D eigenvalue weighted by atomic mass is 16.5. The summed E-state index contributed by atoms with van der Waals surface area (Å²) in [6.07, 6.45) is 3.32. The van der Waals surface area contributed by atoms with E-state index in [4.69, 9.17) is 10.3 Å². The molecule has 15 heavy (non-hydrogen) atoms. The number of nitrogens with zero attached hydrogens (tertiary/aromatic N) is 4. The van der Waals surface area contributed by atoms with Crippen LogP contribution in [0, 0.1) is 0 Å². The molecule has 3 N–H and O–H groups in total. The van der Waals surface area contributed by atoms with E-state index in [1.807, 2.05) is 0 Å². The number of hydrogen-bond acceptors (Lipinski definition) is 6. The fourth-order valence-corrected chi connectivity index (χ4v) is 1.23. The van der Waals surface area contributed by atoms with Crippen LogP contribution < -0.4 is 5.73 Å². The summed E-state index contributed by atoms with van der Waals surface area (Å²) in [5, 5.41) is 13.8. The number of nitrogens with one attached hydrogen (secondary N) is 1. The third-order valence-corrected chi connectivity index (χ3v) is 2.00. The molecule has 0 bridgehead atoms. The van der Waals surface area contributed by atoms with Gasteiger partial charge in [0.1, 0.15) is 0 Å². The Morgan fingerprint density at radius 1 is 1.60 bits per heavy atom. The summed E-state index contributed by atoms with van der Waals surface area (Å²) in [6.45, 7) is 2.05. The molecule has 2 rings (SSSR count). The van der Waals surface area contributed by atoms with Crippen molar-refractivity contribution in [2.24, 2.45) is 5.73 Å². The standard InChI is InChI=1S/C8H12N6O/c1-2-3-5(9)8-11-7(13-15-8)6-4-10-14-12-6/h4-5H,2-3,9H2,1H3,(H,10,12,14)/t5-/m1/s1. The van der Waals surface area contributed by atoms with Crippen molar-refractivity contribution in [3.63, 3.8) is 0 Å². The average Bonchev–Trinajstić information content (AvgIpc) is 2.89. The van der Waals surface area contributed by atoms with Gasteiger partial charge < -0.3 is 10.3 Å². The number of rotatable bonds is 4. The first-order valence-electron chi connectivity index (χ1n) is 4.76.